The summed E-state index contributed by atoms with van der Waals surface area (Å²) in [5.74, 6) is 0.865. The largest absolute Gasteiger partial charge is 0.493 e. The molecule has 0 aromatic heterocycles. The van der Waals surface area contributed by atoms with Gasteiger partial charge in [0.15, 0.2) is 0 Å². The van der Waals surface area contributed by atoms with Crippen molar-refractivity contribution in [1.82, 2.24) is 5.32 Å². The molecule has 1 atom stereocenters. The molecule has 0 spiro atoms. The van der Waals surface area contributed by atoms with Gasteiger partial charge in [0, 0.05) is 30.5 Å². The van der Waals surface area contributed by atoms with E-state index in [9.17, 15) is 4.79 Å². The van der Waals surface area contributed by atoms with E-state index in [1.165, 1.54) is 0 Å². The fourth-order valence-corrected chi connectivity index (χ4v) is 2.31. The van der Waals surface area contributed by atoms with E-state index in [0.717, 1.165) is 22.1 Å². The van der Waals surface area contributed by atoms with Gasteiger partial charge in [-0.05, 0) is 18.7 Å². The summed E-state index contributed by atoms with van der Waals surface area (Å²) in [5, 5.41) is 4.80. The van der Waals surface area contributed by atoms with Gasteiger partial charge < -0.3 is 15.8 Å². The number of carbonyl (C=O) groups is 1. The summed E-state index contributed by atoms with van der Waals surface area (Å²) >= 11 is 0. The number of nitrogens with one attached hydrogen (secondary N) is 1. The molecule has 0 aliphatic rings. The van der Waals surface area contributed by atoms with Crippen molar-refractivity contribution in [3.63, 3.8) is 0 Å². The molecule has 0 radical (unpaired) electrons. The second-order valence-corrected chi connectivity index (χ2v) is 5.12. The molecular weight excluding hydrogens is 264 g/mol. The highest BCUT2D eigenvalue weighted by atomic mass is 16.5. The number of ether oxygens (including phenoxy) is 1. The molecular formula is C17H22N2O2. The fourth-order valence-electron chi connectivity index (χ4n) is 2.31. The highest BCUT2D eigenvalue weighted by Gasteiger charge is 2.12. The highest BCUT2D eigenvalue weighted by Crippen LogP contribution is 2.33. The van der Waals surface area contributed by atoms with Gasteiger partial charge in [-0.15, -0.1) is 0 Å². The quantitative estimate of drug-likeness (QED) is 0.803. The van der Waals surface area contributed by atoms with Crippen LogP contribution in [0.4, 0.5) is 0 Å². The lowest BCUT2D eigenvalue weighted by atomic mass is 10.0. The molecule has 0 heterocycles. The van der Waals surface area contributed by atoms with Crippen LogP contribution in [0.2, 0.25) is 0 Å². The summed E-state index contributed by atoms with van der Waals surface area (Å²) in [4.78, 5) is 11.2. The summed E-state index contributed by atoms with van der Waals surface area (Å²) in [6.07, 6.45) is 1.15. The Morgan fingerprint density at radius 3 is 2.76 bits per heavy atom. The monoisotopic (exact) mass is 286 g/mol. The van der Waals surface area contributed by atoms with Crippen molar-refractivity contribution in [2.45, 2.75) is 25.8 Å². The van der Waals surface area contributed by atoms with E-state index < -0.39 is 0 Å². The predicted molar refractivity (Wildman–Crippen MR) is 85.3 cm³/mol. The molecule has 1 amide bonds. The van der Waals surface area contributed by atoms with Gasteiger partial charge in [-0.2, -0.15) is 0 Å². The van der Waals surface area contributed by atoms with Gasteiger partial charge in [-0.3, -0.25) is 4.79 Å². The lowest BCUT2D eigenvalue weighted by molar-refractivity contribution is -0.120. The zero-order valence-corrected chi connectivity index (χ0v) is 12.6. The molecule has 0 saturated heterocycles. The zero-order chi connectivity index (χ0) is 15.2. The van der Waals surface area contributed by atoms with Crippen molar-refractivity contribution < 1.29 is 9.53 Å². The van der Waals surface area contributed by atoms with Crippen molar-refractivity contribution in [3.05, 3.63) is 42.0 Å². The maximum absolute atomic E-state index is 11.2. The number of nitrogens with two attached hydrogens (primary N) is 1. The summed E-state index contributed by atoms with van der Waals surface area (Å²) in [7, 11) is 1.64. The highest BCUT2D eigenvalue weighted by molar-refractivity contribution is 5.89. The number of rotatable bonds is 6. The molecule has 2 aromatic rings. The Labute approximate surface area is 125 Å². The van der Waals surface area contributed by atoms with Gasteiger partial charge in [0.1, 0.15) is 5.75 Å². The Balaban J connectivity index is 2.19. The van der Waals surface area contributed by atoms with Gasteiger partial charge >= 0.3 is 0 Å². The van der Waals surface area contributed by atoms with Crippen LogP contribution in [0.15, 0.2) is 36.4 Å². The van der Waals surface area contributed by atoms with E-state index in [0.29, 0.717) is 19.4 Å². The van der Waals surface area contributed by atoms with E-state index in [4.69, 9.17) is 10.5 Å². The maximum Gasteiger partial charge on any atom is 0.219 e. The van der Waals surface area contributed by atoms with Crippen LogP contribution in [0.3, 0.4) is 0 Å². The Morgan fingerprint density at radius 1 is 1.29 bits per heavy atom. The topological polar surface area (TPSA) is 64.3 Å². The summed E-state index contributed by atoms with van der Waals surface area (Å²) < 4.78 is 5.95. The SMILES string of the molecule is CNC(=O)CCCOc1c([C@@H](C)N)ccc2ccccc12. The molecule has 2 aromatic carbocycles. The Bertz CT molecular complexity index is 623. The first-order valence-corrected chi connectivity index (χ1v) is 7.24. The van der Waals surface area contributed by atoms with Gasteiger partial charge in [0.05, 0.1) is 6.61 Å². The minimum atomic E-state index is -0.0939. The second kappa shape index (κ2) is 7.09. The minimum absolute atomic E-state index is 0.0314. The summed E-state index contributed by atoms with van der Waals surface area (Å²) in [6.45, 7) is 2.45. The fraction of sp³-hybridized carbons (Fsp3) is 0.353. The first kappa shape index (κ1) is 15.3. The molecule has 4 nitrogen and oxygen atoms in total. The number of benzene rings is 2. The van der Waals surface area contributed by atoms with E-state index in [2.05, 4.69) is 17.4 Å². The Hall–Kier alpha value is -2.07. The third kappa shape index (κ3) is 3.73. The van der Waals surface area contributed by atoms with Crippen molar-refractivity contribution in [3.8, 4) is 5.75 Å². The third-order valence-electron chi connectivity index (χ3n) is 3.47. The van der Waals surface area contributed by atoms with Gasteiger partial charge in [0.25, 0.3) is 0 Å². The molecule has 0 aliphatic heterocycles. The molecule has 21 heavy (non-hydrogen) atoms. The molecule has 4 heteroatoms. The van der Waals surface area contributed by atoms with Crippen LogP contribution >= 0.6 is 0 Å². The van der Waals surface area contributed by atoms with Crippen LogP contribution in [0.5, 0.6) is 5.75 Å². The number of amides is 1. The summed E-state index contributed by atoms with van der Waals surface area (Å²) in [6, 6.07) is 12.1. The van der Waals surface area contributed by atoms with Crippen molar-refractivity contribution in [1.29, 1.82) is 0 Å². The molecule has 3 N–H and O–H groups in total. The van der Waals surface area contributed by atoms with Crippen molar-refractivity contribution in [2.24, 2.45) is 5.73 Å². The molecule has 112 valence electrons. The van der Waals surface area contributed by atoms with Gasteiger partial charge in [-0.1, -0.05) is 36.4 Å². The number of fused-ring (bicyclic) bond motifs is 1. The van der Waals surface area contributed by atoms with Crippen LogP contribution in [0, 0.1) is 0 Å². The standard InChI is InChI=1S/C17H22N2O2/c1-12(18)14-10-9-13-6-3-4-7-15(13)17(14)21-11-5-8-16(20)19-2/h3-4,6-7,9-10,12H,5,8,11,18H2,1-2H3,(H,19,20)/t12-/m1/s1. The Kier molecular flexibility index (Phi) is 5.17. The van der Waals surface area contributed by atoms with Crippen molar-refractivity contribution >= 4 is 16.7 Å². The lowest BCUT2D eigenvalue weighted by Crippen LogP contribution is -2.18. The lowest BCUT2D eigenvalue weighted by Gasteiger charge is -2.16. The summed E-state index contributed by atoms with van der Waals surface area (Å²) in [5.41, 5.74) is 7.03. The third-order valence-corrected chi connectivity index (χ3v) is 3.47. The second-order valence-electron chi connectivity index (χ2n) is 5.12. The Morgan fingerprint density at radius 2 is 2.05 bits per heavy atom. The normalized spacial score (nSPS) is 12.1. The average molecular weight is 286 g/mol. The smallest absolute Gasteiger partial charge is 0.219 e. The van der Waals surface area contributed by atoms with Crippen LogP contribution in [-0.4, -0.2) is 19.6 Å². The zero-order valence-electron chi connectivity index (χ0n) is 12.6. The molecule has 2 rings (SSSR count). The molecule has 0 aliphatic carbocycles. The number of hydrogen-bond acceptors (Lipinski definition) is 3. The van der Waals surface area contributed by atoms with Gasteiger partial charge in [0.2, 0.25) is 5.91 Å². The first-order valence-electron chi connectivity index (χ1n) is 7.24. The van der Waals surface area contributed by atoms with Crippen LogP contribution in [0.25, 0.3) is 10.8 Å². The maximum atomic E-state index is 11.2. The first-order chi connectivity index (χ1) is 10.1. The minimum Gasteiger partial charge on any atom is -0.493 e. The van der Waals surface area contributed by atoms with E-state index in [1.54, 1.807) is 7.05 Å². The van der Waals surface area contributed by atoms with Crippen molar-refractivity contribution in [2.75, 3.05) is 13.7 Å². The van der Waals surface area contributed by atoms with Crippen LogP contribution in [-0.2, 0) is 4.79 Å². The van der Waals surface area contributed by atoms with E-state index in [-0.39, 0.29) is 11.9 Å². The molecule has 0 saturated carbocycles. The average Bonchev–Trinajstić information content (AvgIpc) is 2.50. The number of carbonyl (C=O) groups excluding carboxylic acids is 1. The van der Waals surface area contributed by atoms with Crippen LogP contribution < -0.4 is 15.8 Å². The van der Waals surface area contributed by atoms with E-state index >= 15 is 0 Å². The molecule has 0 fully saturated rings. The van der Waals surface area contributed by atoms with E-state index in [1.807, 2.05) is 31.2 Å². The molecule has 0 bridgehead atoms. The molecule has 0 unspecified atom stereocenters. The van der Waals surface area contributed by atoms with Gasteiger partial charge in [-0.25, -0.2) is 0 Å². The van der Waals surface area contributed by atoms with Crippen LogP contribution in [0.1, 0.15) is 31.4 Å². The predicted octanol–water partition coefficient (Wildman–Crippen LogP) is 2.76. The number of hydrogen-bond donors (Lipinski definition) is 2.